The molecule has 3 aromatic rings. The van der Waals surface area contributed by atoms with Gasteiger partial charge in [0, 0.05) is 10.4 Å². The molecule has 1 heterocycles. The number of benzene rings is 3. The number of ketones is 1. The molecule has 1 aliphatic heterocycles. The Labute approximate surface area is 188 Å². The zero-order valence-corrected chi connectivity index (χ0v) is 18.3. The molecule has 152 valence electrons. The van der Waals surface area contributed by atoms with Gasteiger partial charge in [-0.25, -0.2) is 4.90 Å². The van der Waals surface area contributed by atoms with Crippen molar-refractivity contribution >= 4 is 39.2 Å². The van der Waals surface area contributed by atoms with E-state index in [4.69, 9.17) is 0 Å². The monoisotopic (exact) mass is 471 g/mol. The average Bonchev–Trinajstić information content (AvgIpc) is 3.05. The lowest BCUT2D eigenvalue weighted by Crippen LogP contribution is -2.57. The van der Waals surface area contributed by atoms with Gasteiger partial charge in [-0.3, -0.25) is 14.4 Å². The molecular formula is C26H18BrNO3. The Balaban J connectivity index is 1.67. The van der Waals surface area contributed by atoms with Crippen LogP contribution < -0.4 is 4.90 Å². The van der Waals surface area contributed by atoms with E-state index >= 15 is 0 Å². The highest BCUT2D eigenvalue weighted by Gasteiger charge is 2.69. The predicted octanol–water partition coefficient (Wildman–Crippen LogP) is 4.59. The van der Waals surface area contributed by atoms with E-state index in [1.165, 1.54) is 4.90 Å². The molecule has 4 aliphatic rings. The highest BCUT2D eigenvalue weighted by Crippen LogP contribution is 2.64. The maximum absolute atomic E-state index is 13.9. The van der Waals surface area contributed by atoms with Crippen LogP contribution in [0.3, 0.4) is 0 Å². The Kier molecular flexibility index (Phi) is 3.76. The summed E-state index contributed by atoms with van der Waals surface area (Å²) in [5.74, 6) is -2.19. The molecule has 2 atom stereocenters. The van der Waals surface area contributed by atoms with Crippen LogP contribution >= 0.6 is 15.9 Å². The Hall–Kier alpha value is -3.05. The number of amides is 2. The van der Waals surface area contributed by atoms with Crippen molar-refractivity contribution in [2.24, 2.45) is 11.8 Å². The summed E-state index contributed by atoms with van der Waals surface area (Å²) in [7, 11) is 0. The zero-order valence-electron chi connectivity index (χ0n) is 16.7. The fraction of sp³-hybridized carbons (Fsp3) is 0.192. The van der Waals surface area contributed by atoms with E-state index in [0.29, 0.717) is 5.69 Å². The van der Waals surface area contributed by atoms with E-state index in [9.17, 15) is 14.4 Å². The number of anilines is 1. The number of hydrogen-bond acceptors (Lipinski definition) is 3. The first-order valence-corrected chi connectivity index (χ1v) is 11.1. The van der Waals surface area contributed by atoms with Gasteiger partial charge in [0.15, 0.2) is 0 Å². The first-order valence-electron chi connectivity index (χ1n) is 10.3. The van der Waals surface area contributed by atoms with Crippen molar-refractivity contribution in [3.8, 4) is 0 Å². The van der Waals surface area contributed by atoms with Gasteiger partial charge in [-0.05, 0) is 53.4 Å². The molecule has 31 heavy (non-hydrogen) atoms. The summed E-state index contributed by atoms with van der Waals surface area (Å²) in [4.78, 5) is 42.5. The summed E-state index contributed by atoms with van der Waals surface area (Å²) >= 11 is 3.41. The third kappa shape index (κ3) is 2.12. The number of halogens is 1. The molecule has 0 unspecified atom stereocenters. The fourth-order valence-electron chi connectivity index (χ4n) is 6.21. The van der Waals surface area contributed by atoms with E-state index in [0.717, 1.165) is 26.7 Å². The second kappa shape index (κ2) is 6.24. The smallest absolute Gasteiger partial charge is 0.239 e. The molecular weight excluding hydrogens is 454 g/mol. The van der Waals surface area contributed by atoms with Crippen LogP contribution in [0.15, 0.2) is 77.3 Å². The average molecular weight is 472 g/mol. The van der Waals surface area contributed by atoms with E-state index in [1.54, 1.807) is 19.1 Å². The maximum Gasteiger partial charge on any atom is 0.239 e. The predicted molar refractivity (Wildman–Crippen MR) is 120 cm³/mol. The van der Waals surface area contributed by atoms with E-state index in [2.05, 4.69) is 15.9 Å². The lowest BCUT2D eigenvalue weighted by Gasteiger charge is -2.52. The molecule has 2 amide bonds. The summed E-state index contributed by atoms with van der Waals surface area (Å²) in [6, 6.07) is 22.8. The molecule has 0 aromatic heterocycles. The third-order valence-corrected chi connectivity index (χ3v) is 7.79. The van der Waals surface area contributed by atoms with Crippen LogP contribution in [-0.4, -0.2) is 17.6 Å². The van der Waals surface area contributed by atoms with Gasteiger partial charge in [0.25, 0.3) is 0 Å². The number of carbonyl (C=O) groups is 3. The summed E-state index contributed by atoms with van der Waals surface area (Å²) < 4.78 is 0.868. The van der Waals surface area contributed by atoms with Gasteiger partial charge < -0.3 is 0 Å². The molecule has 0 spiro atoms. The number of Topliss-reactive ketones (excluding diaryl/α,β-unsaturated/α-hetero) is 1. The van der Waals surface area contributed by atoms with Crippen molar-refractivity contribution in [2.45, 2.75) is 18.3 Å². The number of imide groups is 1. The lowest BCUT2D eigenvalue weighted by atomic mass is 9.46. The molecule has 0 saturated carbocycles. The number of carbonyl (C=O) groups excluding carboxylic acids is 3. The van der Waals surface area contributed by atoms with Crippen LogP contribution in [0.25, 0.3) is 0 Å². The second-order valence-corrected chi connectivity index (χ2v) is 9.42. The van der Waals surface area contributed by atoms with Gasteiger partial charge in [-0.2, -0.15) is 0 Å². The molecule has 3 aliphatic carbocycles. The second-order valence-electron chi connectivity index (χ2n) is 8.51. The van der Waals surface area contributed by atoms with Gasteiger partial charge >= 0.3 is 0 Å². The summed E-state index contributed by atoms with van der Waals surface area (Å²) in [6.07, 6.45) is 0. The number of rotatable bonds is 2. The first kappa shape index (κ1) is 18.7. The largest absolute Gasteiger partial charge is 0.299 e. The standard InChI is InChI=1S/C26H18BrNO3/c1-14(29)26-19-8-4-2-6-17(19)21(18-7-3-5-9-20(18)26)22-23(26)25(31)28(24(22)30)16-12-10-15(27)11-13-16/h2-13,21-23H,1H3/t21?,22-,23-,26?/m0/s1. The van der Waals surface area contributed by atoms with Gasteiger partial charge in [0.1, 0.15) is 5.78 Å². The molecule has 1 fully saturated rings. The van der Waals surface area contributed by atoms with Crippen LogP contribution in [0.5, 0.6) is 0 Å². The van der Waals surface area contributed by atoms with E-state index < -0.39 is 17.3 Å². The summed E-state index contributed by atoms with van der Waals surface area (Å²) in [5, 5.41) is 0. The third-order valence-electron chi connectivity index (χ3n) is 7.26. The van der Waals surface area contributed by atoms with Gasteiger partial charge in [-0.1, -0.05) is 64.5 Å². The lowest BCUT2D eigenvalue weighted by molar-refractivity contribution is -0.132. The topological polar surface area (TPSA) is 54.5 Å². The van der Waals surface area contributed by atoms with E-state index in [1.807, 2.05) is 60.7 Å². The SMILES string of the molecule is CC(=O)C12c3ccccc3C(c3ccccc31)[C@@H]1C(=O)N(c3ccc(Br)cc3)C(=O)[C@H]12. The minimum absolute atomic E-state index is 0.0978. The molecule has 7 rings (SSSR count). The van der Waals surface area contributed by atoms with Crippen LogP contribution in [0.4, 0.5) is 5.69 Å². The fourth-order valence-corrected chi connectivity index (χ4v) is 6.48. The molecule has 1 saturated heterocycles. The Morgan fingerprint density at radius 3 is 1.94 bits per heavy atom. The van der Waals surface area contributed by atoms with Crippen molar-refractivity contribution in [1.82, 2.24) is 0 Å². The highest BCUT2D eigenvalue weighted by atomic mass is 79.9. The Morgan fingerprint density at radius 1 is 0.839 bits per heavy atom. The van der Waals surface area contributed by atoms with Crippen molar-refractivity contribution in [1.29, 1.82) is 0 Å². The molecule has 3 aromatic carbocycles. The van der Waals surface area contributed by atoms with Crippen molar-refractivity contribution in [3.63, 3.8) is 0 Å². The van der Waals surface area contributed by atoms with Crippen LogP contribution in [0, 0.1) is 11.8 Å². The summed E-state index contributed by atoms with van der Waals surface area (Å²) in [6.45, 7) is 1.55. The first-order chi connectivity index (χ1) is 15.0. The molecule has 2 bridgehead atoms. The number of hydrogen-bond donors (Lipinski definition) is 0. The van der Waals surface area contributed by atoms with Gasteiger partial charge in [-0.15, -0.1) is 0 Å². The summed E-state index contributed by atoms with van der Waals surface area (Å²) in [5.41, 5.74) is 3.09. The molecule has 0 N–H and O–H groups in total. The maximum atomic E-state index is 13.9. The van der Waals surface area contributed by atoms with Crippen LogP contribution in [-0.2, 0) is 19.8 Å². The van der Waals surface area contributed by atoms with Gasteiger partial charge in [0.05, 0.1) is 22.9 Å². The molecule has 5 heteroatoms. The Morgan fingerprint density at radius 2 is 1.39 bits per heavy atom. The van der Waals surface area contributed by atoms with Crippen LogP contribution in [0.2, 0.25) is 0 Å². The van der Waals surface area contributed by atoms with Crippen molar-refractivity contribution < 1.29 is 14.4 Å². The van der Waals surface area contributed by atoms with Crippen molar-refractivity contribution in [3.05, 3.63) is 99.5 Å². The number of nitrogens with zero attached hydrogens (tertiary/aromatic N) is 1. The normalized spacial score (nSPS) is 27.7. The quantitative estimate of drug-likeness (QED) is 0.513. The zero-order chi connectivity index (χ0) is 21.5. The van der Waals surface area contributed by atoms with E-state index in [-0.39, 0.29) is 23.5 Å². The molecule has 0 radical (unpaired) electrons. The molecule has 4 nitrogen and oxygen atoms in total. The minimum atomic E-state index is -1.15. The minimum Gasteiger partial charge on any atom is -0.299 e. The van der Waals surface area contributed by atoms with Gasteiger partial charge in [0.2, 0.25) is 11.8 Å². The van der Waals surface area contributed by atoms with Crippen LogP contribution in [0.1, 0.15) is 35.1 Å². The Bertz CT molecular complexity index is 1250. The van der Waals surface area contributed by atoms with Crippen molar-refractivity contribution in [2.75, 3.05) is 4.90 Å². The highest BCUT2D eigenvalue weighted by molar-refractivity contribution is 9.10.